The molecule has 0 bridgehead atoms. The van der Waals surface area contributed by atoms with Gasteiger partial charge in [-0.15, -0.1) is 0 Å². The first kappa shape index (κ1) is 25.6. The van der Waals surface area contributed by atoms with Crippen molar-refractivity contribution in [2.24, 2.45) is 5.92 Å². The van der Waals surface area contributed by atoms with E-state index in [0.717, 1.165) is 12.5 Å². The van der Waals surface area contributed by atoms with Crippen LogP contribution in [0.15, 0.2) is 35.3 Å². The number of hydrogen-bond acceptors (Lipinski definition) is 5. The summed E-state index contributed by atoms with van der Waals surface area (Å²) in [6, 6.07) is 1.98. The van der Waals surface area contributed by atoms with E-state index in [1.165, 1.54) is 35.9 Å². The molecule has 0 saturated heterocycles. The number of aromatic nitrogens is 1. The Morgan fingerprint density at radius 3 is 2.52 bits per heavy atom. The monoisotopic (exact) mass is 434 g/mol. The number of hydrogen-bond donors (Lipinski definition) is 4. The van der Waals surface area contributed by atoms with Crippen molar-refractivity contribution in [3.63, 3.8) is 0 Å². The van der Waals surface area contributed by atoms with Crippen LogP contribution in [0, 0.1) is 5.92 Å². The minimum Gasteiger partial charge on any atom is -0.478 e. The summed E-state index contributed by atoms with van der Waals surface area (Å²) in [5.74, 6) is -2.04. The number of carbonyl (C=O) groups excluding carboxylic acids is 3. The largest absolute Gasteiger partial charge is 0.478 e. The second-order valence-electron chi connectivity index (χ2n) is 7.45. The number of nitrogens with one attached hydrogen (secondary N) is 3. The second-order valence-corrected chi connectivity index (χ2v) is 7.45. The molecule has 1 aromatic rings. The fraction of sp³-hybridized carbons (Fsp3) is 0.476. The van der Waals surface area contributed by atoms with Crippen LogP contribution in [0.4, 0.5) is 5.69 Å². The number of rotatable bonds is 12. The van der Waals surface area contributed by atoms with Crippen molar-refractivity contribution >= 4 is 29.4 Å². The number of allylic oxidation sites excluding steroid dienone is 1. The van der Waals surface area contributed by atoms with Gasteiger partial charge in [0.05, 0.1) is 0 Å². The van der Waals surface area contributed by atoms with Crippen molar-refractivity contribution in [1.82, 2.24) is 15.2 Å². The van der Waals surface area contributed by atoms with E-state index in [4.69, 9.17) is 5.11 Å². The van der Waals surface area contributed by atoms with Gasteiger partial charge in [0.15, 0.2) is 0 Å². The molecule has 10 nitrogen and oxygen atoms in total. The Morgan fingerprint density at radius 1 is 1.19 bits per heavy atom. The molecule has 0 aliphatic heterocycles. The molecule has 4 N–H and O–H groups in total. The fourth-order valence-corrected chi connectivity index (χ4v) is 2.65. The van der Waals surface area contributed by atoms with Gasteiger partial charge < -0.3 is 25.6 Å². The molecule has 0 radical (unpaired) electrons. The van der Waals surface area contributed by atoms with E-state index in [0.29, 0.717) is 12.5 Å². The number of nitrogens with zero attached hydrogens (tertiary/aromatic N) is 1. The summed E-state index contributed by atoms with van der Waals surface area (Å²) >= 11 is 0. The highest BCUT2D eigenvalue weighted by atomic mass is 16.4. The van der Waals surface area contributed by atoms with Gasteiger partial charge in [0.2, 0.25) is 17.7 Å². The van der Waals surface area contributed by atoms with Crippen LogP contribution in [-0.4, -0.2) is 46.0 Å². The van der Waals surface area contributed by atoms with Gasteiger partial charge in [-0.05, 0) is 37.3 Å². The molecular weight excluding hydrogens is 404 g/mol. The lowest BCUT2D eigenvalue weighted by atomic mass is 10.1. The molecule has 1 unspecified atom stereocenters. The Labute approximate surface area is 180 Å². The first-order valence-corrected chi connectivity index (χ1v) is 10.0. The maximum Gasteiger partial charge on any atom is 0.327 e. The summed E-state index contributed by atoms with van der Waals surface area (Å²) in [4.78, 5) is 59.2. The smallest absolute Gasteiger partial charge is 0.327 e. The average Bonchev–Trinajstić information content (AvgIpc) is 2.66. The van der Waals surface area contributed by atoms with E-state index in [-0.39, 0.29) is 31.0 Å². The van der Waals surface area contributed by atoms with Crippen LogP contribution in [-0.2, 0) is 25.7 Å². The van der Waals surface area contributed by atoms with Crippen LogP contribution in [0.1, 0.15) is 40.0 Å². The highest BCUT2D eigenvalue weighted by Crippen LogP contribution is 2.05. The maximum absolute atomic E-state index is 12.6. The minimum atomic E-state index is -1.11. The fourth-order valence-electron chi connectivity index (χ4n) is 2.65. The molecule has 1 heterocycles. The Kier molecular flexibility index (Phi) is 10.7. The van der Waals surface area contributed by atoms with Crippen LogP contribution < -0.4 is 21.5 Å². The first-order valence-electron chi connectivity index (χ1n) is 10.0. The molecule has 0 aliphatic rings. The third-order valence-electron chi connectivity index (χ3n) is 4.21. The summed E-state index contributed by atoms with van der Waals surface area (Å²) in [7, 11) is 0. The molecule has 0 aliphatic carbocycles. The van der Waals surface area contributed by atoms with Crippen LogP contribution in [0.5, 0.6) is 0 Å². The number of pyridine rings is 1. The zero-order valence-electron chi connectivity index (χ0n) is 18.0. The Hall–Kier alpha value is -3.43. The zero-order valence-corrected chi connectivity index (χ0v) is 18.0. The Balaban J connectivity index is 2.82. The topological polar surface area (TPSA) is 147 Å². The van der Waals surface area contributed by atoms with Crippen molar-refractivity contribution in [3.8, 4) is 0 Å². The van der Waals surface area contributed by atoms with Gasteiger partial charge in [0.1, 0.15) is 18.3 Å². The Morgan fingerprint density at radius 2 is 1.90 bits per heavy atom. The molecule has 170 valence electrons. The van der Waals surface area contributed by atoms with Crippen molar-refractivity contribution in [2.45, 2.75) is 52.6 Å². The quantitative estimate of drug-likeness (QED) is 0.359. The SMILES string of the molecule is CC(=O)NC(CCC=CC(=O)O)C(=O)Nc1cccn(CC(=O)NCCC(C)C)c1=O. The predicted molar refractivity (Wildman–Crippen MR) is 115 cm³/mol. The molecule has 1 rings (SSSR count). The second kappa shape index (κ2) is 13.0. The lowest BCUT2D eigenvalue weighted by Crippen LogP contribution is -2.43. The van der Waals surface area contributed by atoms with Gasteiger partial charge in [-0.1, -0.05) is 19.9 Å². The molecule has 1 aromatic heterocycles. The molecule has 0 spiro atoms. The molecule has 0 saturated carbocycles. The highest BCUT2D eigenvalue weighted by Gasteiger charge is 2.20. The third kappa shape index (κ3) is 10.2. The normalized spacial score (nSPS) is 11.9. The molecule has 0 fully saturated rings. The molecular formula is C21H30N4O6. The molecule has 0 aromatic carbocycles. The average molecular weight is 434 g/mol. The minimum absolute atomic E-state index is 0.0288. The lowest BCUT2D eigenvalue weighted by Gasteiger charge is -2.17. The van der Waals surface area contributed by atoms with Gasteiger partial charge in [-0.3, -0.25) is 19.2 Å². The van der Waals surface area contributed by atoms with Crippen LogP contribution in [0.3, 0.4) is 0 Å². The summed E-state index contributed by atoms with van der Waals surface area (Å²) in [5.41, 5.74) is -0.582. The zero-order chi connectivity index (χ0) is 23.4. The van der Waals surface area contributed by atoms with Crippen molar-refractivity contribution < 1.29 is 24.3 Å². The summed E-state index contributed by atoms with van der Waals surface area (Å²) in [6.07, 6.45) is 4.97. The van der Waals surface area contributed by atoms with Crippen LogP contribution >= 0.6 is 0 Å². The lowest BCUT2D eigenvalue weighted by molar-refractivity contribution is -0.131. The summed E-state index contributed by atoms with van der Waals surface area (Å²) < 4.78 is 1.18. The van der Waals surface area contributed by atoms with Crippen molar-refractivity contribution in [3.05, 3.63) is 40.8 Å². The van der Waals surface area contributed by atoms with Crippen molar-refractivity contribution in [2.75, 3.05) is 11.9 Å². The number of amides is 3. The maximum atomic E-state index is 12.6. The van der Waals surface area contributed by atoms with Gasteiger partial charge >= 0.3 is 5.97 Å². The summed E-state index contributed by atoms with van der Waals surface area (Å²) in [6.45, 7) is 5.66. The van der Waals surface area contributed by atoms with Crippen molar-refractivity contribution in [1.29, 1.82) is 0 Å². The molecule has 1 atom stereocenters. The van der Waals surface area contributed by atoms with E-state index in [1.807, 2.05) is 13.8 Å². The van der Waals surface area contributed by atoms with E-state index in [9.17, 15) is 24.0 Å². The third-order valence-corrected chi connectivity index (χ3v) is 4.21. The van der Waals surface area contributed by atoms with Gasteiger partial charge in [0, 0.05) is 25.7 Å². The van der Waals surface area contributed by atoms with Gasteiger partial charge in [0.25, 0.3) is 5.56 Å². The van der Waals surface area contributed by atoms with Gasteiger partial charge in [-0.2, -0.15) is 0 Å². The number of anilines is 1. The standard InChI is InChI=1S/C21H30N4O6/c1-14(2)10-11-22-18(27)13-25-12-6-8-17(21(25)31)24-20(30)16(23-15(3)26)7-4-5-9-19(28)29/h5-6,8-9,12,14,16H,4,7,10-11,13H2,1-3H3,(H,22,27)(H,23,26)(H,24,30)(H,28,29). The number of carboxylic acids is 1. The molecule has 10 heteroatoms. The number of carboxylic acid groups (broad SMARTS) is 1. The first-order chi connectivity index (χ1) is 14.6. The predicted octanol–water partition coefficient (Wildman–Crippen LogP) is 0.875. The number of carbonyl (C=O) groups is 4. The van der Waals surface area contributed by atoms with E-state index >= 15 is 0 Å². The van der Waals surface area contributed by atoms with Crippen LogP contribution in [0.2, 0.25) is 0 Å². The number of aliphatic carboxylic acids is 1. The Bertz CT molecular complexity index is 875. The van der Waals surface area contributed by atoms with Gasteiger partial charge in [-0.25, -0.2) is 4.79 Å². The van der Waals surface area contributed by atoms with E-state index < -0.39 is 29.4 Å². The highest BCUT2D eigenvalue weighted by molar-refractivity contribution is 5.96. The molecule has 31 heavy (non-hydrogen) atoms. The van der Waals surface area contributed by atoms with E-state index in [2.05, 4.69) is 16.0 Å². The van der Waals surface area contributed by atoms with E-state index in [1.54, 1.807) is 0 Å². The molecule has 3 amide bonds. The van der Waals surface area contributed by atoms with Crippen LogP contribution in [0.25, 0.3) is 0 Å². The summed E-state index contributed by atoms with van der Waals surface area (Å²) in [5, 5.41) is 16.3.